The quantitative estimate of drug-likeness (QED) is 0.393. The molecule has 2 aromatic carbocycles. The van der Waals surface area contributed by atoms with E-state index >= 15 is 0 Å². The lowest BCUT2D eigenvalue weighted by atomic mass is 10.1. The third-order valence-corrected chi connectivity index (χ3v) is 6.04. The van der Waals surface area contributed by atoms with Gasteiger partial charge in [-0.05, 0) is 42.3 Å². The molecule has 1 fully saturated rings. The van der Waals surface area contributed by atoms with Gasteiger partial charge in [0, 0.05) is 43.8 Å². The lowest BCUT2D eigenvalue weighted by Gasteiger charge is -2.23. The van der Waals surface area contributed by atoms with Crippen LogP contribution in [-0.4, -0.2) is 38.8 Å². The number of imidazole rings is 1. The van der Waals surface area contributed by atoms with Gasteiger partial charge in [0.15, 0.2) is 0 Å². The second-order valence-electron chi connectivity index (χ2n) is 8.79. The van der Waals surface area contributed by atoms with Crippen LogP contribution in [0, 0.1) is 18.3 Å². The normalized spacial score (nSPS) is 13.9. The Hall–Kier alpha value is -4.02. The SMILES string of the molecule is Cc1cn(Cc2cccc(Cc3nccc(-c4ccc(OC5CCOCC5)c(C#N)c4)n3)c2)cn1. The van der Waals surface area contributed by atoms with Gasteiger partial charge in [0.25, 0.3) is 0 Å². The van der Waals surface area contributed by atoms with E-state index in [4.69, 9.17) is 14.5 Å². The molecule has 1 aliphatic heterocycles. The molecule has 7 nitrogen and oxygen atoms in total. The Morgan fingerprint density at radius 1 is 1.09 bits per heavy atom. The van der Waals surface area contributed by atoms with E-state index in [1.807, 2.05) is 43.7 Å². The van der Waals surface area contributed by atoms with Crippen molar-refractivity contribution in [1.29, 1.82) is 5.26 Å². The molecule has 7 heteroatoms. The van der Waals surface area contributed by atoms with Crippen molar-refractivity contribution in [3.8, 4) is 23.1 Å². The molecular weight excluding hydrogens is 438 g/mol. The number of nitriles is 1. The molecular formula is C28H27N5O2. The Bertz CT molecular complexity index is 1350. The van der Waals surface area contributed by atoms with Crippen LogP contribution in [0.2, 0.25) is 0 Å². The number of nitrogens with zero attached hydrogens (tertiary/aromatic N) is 5. The van der Waals surface area contributed by atoms with Crippen LogP contribution >= 0.6 is 0 Å². The number of hydrogen-bond donors (Lipinski definition) is 0. The topological polar surface area (TPSA) is 85.9 Å². The highest BCUT2D eigenvalue weighted by molar-refractivity contribution is 5.64. The summed E-state index contributed by atoms with van der Waals surface area (Å²) in [6, 6.07) is 18.3. The summed E-state index contributed by atoms with van der Waals surface area (Å²) in [4.78, 5) is 13.6. The van der Waals surface area contributed by atoms with Gasteiger partial charge in [-0.2, -0.15) is 5.26 Å². The van der Waals surface area contributed by atoms with Crippen LogP contribution in [0.15, 0.2) is 67.3 Å². The van der Waals surface area contributed by atoms with Crippen LogP contribution in [0.4, 0.5) is 0 Å². The largest absolute Gasteiger partial charge is 0.489 e. The molecule has 3 heterocycles. The smallest absolute Gasteiger partial charge is 0.137 e. The van der Waals surface area contributed by atoms with Gasteiger partial charge in [0.1, 0.15) is 23.7 Å². The molecule has 35 heavy (non-hydrogen) atoms. The highest BCUT2D eigenvalue weighted by Crippen LogP contribution is 2.27. The van der Waals surface area contributed by atoms with E-state index < -0.39 is 0 Å². The van der Waals surface area contributed by atoms with E-state index in [0.29, 0.717) is 30.9 Å². The first kappa shape index (κ1) is 22.8. The molecule has 2 aromatic heterocycles. The fourth-order valence-electron chi connectivity index (χ4n) is 4.29. The first-order valence-electron chi connectivity index (χ1n) is 11.8. The highest BCUT2D eigenvalue weighted by Gasteiger charge is 2.17. The molecule has 4 aromatic rings. The number of aromatic nitrogens is 4. The highest BCUT2D eigenvalue weighted by atomic mass is 16.5. The number of benzene rings is 2. The van der Waals surface area contributed by atoms with Crippen molar-refractivity contribution < 1.29 is 9.47 Å². The van der Waals surface area contributed by atoms with Gasteiger partial charge in [0.2, 0.25) is 0 Å². The number of rotatable bonds is 7. The van der Waals surface area contributed by atoms with Gasteiger partial charge >= 0.3 is 0 Å². The van der Waals surface area contributed by atoms with Crippen molar-refractivity contribution in [2.75, 3.05) is 13.2 Å². The van der Waals surface area contributed by atoms with Gasteiger partial charge in [-0.1, -0.05) is 24.3 Å². The van der Waals surface area contributed by atoms with Crippen LogP contribution in [0.5, 0.6) is 5.75 Å². The number of aryl methyl sites for hydroxylation is 1. The molecule has 0 unspecified atom stereocenters. The van der Waals surface area contributed by atoms with E-state index in [1.165, 1.54) is 5.56 Å². The fourth-order valence-corrected chi connectivity index (χ4v) is 4.29. The molecule has 0 amide bonds. The molecule has 0 atom stereocenters. The zero-order valence-corrected chi connectivity index (χ0v) is 19.7. The second kappa shape index (κ2) is 10.5. The Labute approximate surface area is 205 Å². The Morgan fingerprint density at radius 3 is 2.74 bits per heavy atom. The summed E-state index contributed by atoms with van der Waals surface area (Å²) >= 11 is 0. The van der Waals surface area contributed by atoms with E-state index in [1.54, 1.807) is 6.20 Å². The summed E-state index contributed by atoms with van der Waals surface area (Å²) in [5, 5.41) is 9.71. The summed E-state index contributed by atoms with van der Waals surface area (Å²) in [7, 11) is 0. The third kappa shape index (κ3) is 5.73. The first-order chi connectivity index (χ1) is 17.2. The zero-order valence-electron chi connectivity index (χ0n) is 19.7. The van der Waals surface area contributed by atoms with Crippen LogP contribution in [0.3, 0.4) is 0 Å². The van der Waals surface area contributed by atoms with Crippen LogP contribution in [0.25, 0.3) is 11.3 Å². The van der Waals surface area contributed by atoms with Crippen molar-refractivity contribution in [2.24, 2.45) is 0 Å². The lowest BCUT2D eigenvalue weighted by Crippen LogP contribution is -2.26. The molecule has 0 saturated carbocycles. The molecule has 0 bridgehead atoms. The van der Waals surface area contributed by atoms with Crippen LogP contribution < -0.4 is 4.74 Å². The van der Waals surface area contributed by atoms with Gasteiger partial charge < -0.3 is 14.0 Å². The minimum Gasteiger partial charge on any atom is -0.489 e. The van der Waals surface area contributed by atoms with E-state index in [-0.39, 0.29) is 6.10 Å². The monoisotopic (exact) mass is 465 g/mol. The van der Waals surface area contributed by atoms with Crippen molar-refractivity contribution in [2.45, 2.75) is 38.8 Å². The van der Waals surface area contributed by atoms with Gasteiger partial charge in [0.05, 0.1) is 36.5 Å². The third-order valence-electron chi connectivity index (χ3n) is 6.04. The van der Waals surface area contributed by atoms with Crippen molar-refractivity contribution in [1.82, 2.24) is 19.5 Å². The van der Waals surface area contributed by atoms with Gasteiger partial charge in [-0.3, -0.25) is 0 Å². The summed E-state index contributed by atoms with van der Waals surface area (Å²) in [5.41, 5.74) is 5.53. The molecule has 0 aliphatic carbocycles. The van der Waals surface area contributed by atoms with Gasteiger partial charge in [-0.25, -0.2) is 15.0 Å². The fraction of sp³-hybridized carbons (Fsp3) is 0.286. The standard InChI is InChI=1S/C28H27N5O2/c1-20-17-33(19-31-20)18-22-4-2-3-21(13-22)14-28-30-10-7-26(32-28)23-5-6-27(24(15-23)16-29)35-25-8-11-34-12-9-25/h2-7,10,13,15,17,19,25H,8-9,11-12,14,18H2,1H3. The van der Waals surface area contributed by atoms with E-state index in [2.05, 4.69) is 44.9 Å². The van der Waals surface area contributed by atoms with Gasteiger partial charge in [-0.15, -0.1) is 0 Å². The minimum atomic E-state index is 0.0842. The summed E-state index contributed by atoms with van der Waals surface area (Å²) in [6.07, 6.45) is 8.05. The maximum atomic E-state index is 9.71. The number of hydrogen-bond acceptors (Lipinski definition) is 6. The summed E-state index contributed by atoms with van der Waals surface area (Å²) < 4.78 is 13.6. The van der Waals surface area contributed by atoms with Crippen molar-refractivity contribution in [3.63, 3.8) is 0 Å². The first-order valence-corrected chi connectivity index (χ1v) is 11.8. The lowest BCUT2D eigenvalue weighted by molar-refractivity contribution is 0.0254. The number of ether oxygens (including phenoxy) is 2. The Morgan fingerprint density at radius 2 is 1.94 bits per heavy atom. The van der Waals surface area contributed by atoms with E-state index in [0.717, 1.165) is 47.7 Å². The summed E-state index contributed by atoms with van der Waals surface area (Å²) in [6.45, 7) is 4.15. The minimum absolute atomic E-state index is 0.0842. The molecule has 0 spiro atoms. The predicted octanol–water partition coefficient (Wildman–Crippen LogP) is 4.72. The van der Waals surface area contributed by atoms with Crippen LogP contribution in [-0.2, 0) is 17.7 Å². The molecule has 1 saturated heterocycles. The van der Waals surface area contributed by atoms with Crippen molar-refractivity contribution in [3.05, 3.63) is 95.5 Å². The maximum Gasteiger partial charge on any atom is 0.137 e. The summed E-state index contributed by atoms with van der Waals surface area (Å²) in [5.74, 6) is 1.35. The Kier molecular flexibility index (Phi) is 6.82. The molecule has 0 N–H and O–H groups in total. The molecule has 5 rings (SSSR count). The predicted molar refractivity (Wildman–Crippen MR) is 132 cm³/mol. The second-order valence-corrected chi connectivity index (χ2v) is 8.79. The van der Waals surface area contributed by atoms with Crippen molar-refractivity contribution >= 4 is 0 Å². The maximum absolute atomic E-state index is 9.71. The molecule has 0 radical (unpaired) electrons. The zero-order chi connectivity index (χ0) is 24.0. The molecule has 176 valence electrons. The van der Waals surface area contributed by atoms with E-state index in [9.17, 15) is 5.26 Å². The average Bonchev–Trinajstić information content (AvgIpc) is 3.29. The molecule has 1 aliphatic rings. The average molecular weight is 466 g/mol. The van der Waals surface area contributed by atoms with Crippen LogP contribution in [0.1, 0.15) is 41.1 Å². The Balaban J connectivity index is 1.32.